The lowest BCUT2D eigenvalue weighted by Gasteiger charge is -2.02. The molecular formula is C11H9BrN2O3. The van der Waals surface area contributed by atoms with Crippen LogP contribution in [0.25, 0.3) is 0 Å². The van der Waals surface area contributed by atoms with Crippen molar-refractivity contribution in [2.45, 2.75) is 0 Å². The lowest BCUT2D eigenvalue weighted by molar-refractivity contribution is 0.0987. The van der Waals surface area contributed by atoms with Gasteiger partial charge in [0, 0.05) is 10.2 Å². The number of anilines is 1. The highest BCUT2D eigenvalue weighted by Gasteiger charge is 2.13. The molecule has 5 nitrogen and oxygen atoms in total. The van der Waals surface area contributed by atoms with Crippen molar-refractivity contribution in [3.05, 3.63) is 40.6 Å². The molecule has 88 valence electrons. The average Bonchev–Trinajstić information content (AvgIpc) is 2.77. The summed E-state index contributed by atoms with van der Waals surface area (Å²) < 4.78 is 10.5. The molecule has 1 N–H and O–H groups in total. The smallest absolute Gasteiger partial charge is 0.294 e. The molecule has 0 fully saturated rings. The van der Waals surface area contributed by atoms with E-state index in [1.807, 2.05) is 12.1 Å². The second-order valence-electron chi connectivity index (χ2n) is 3.20. The number of halogens is 1. The molecule has 0 atom stereocenters. The van der Waals surface area contributed by atoms with Crippen LogP contribution in [0.3, 0.4) is 0 Å². The Labute approximate surface area is 106 Å². The number of carbonyl (C=O) groups is 1. The van der Waals surface area contributed by atoms with Crippen molar-refractivity contribution >= 4 is 27.5 Å². The Morgan fingerprint density at radius 1 is 1.47 bits per heavy atom. The van der Waals surface area contributed by atoms with Crippen LogP contribution < -0.4 is 10.1 Å². The standard InChI is InChI=1S/C11H9BrN2O3/c1-16-10-6-9(17-14-10)11(15)13-8-4-2-3-7(12)5-8/h2-6H,1H3,(H,13,15). The first-order valence-corrected chi connectivity index (χ1v) is 5.56. The Morgan fingerprint density at radius 2 is 2.29 bits per heavy atom. The summed E-state index contributed by atoms with van der Waals surface area (Å²) in [5.41, 5.74) is 0.666. The van der Waals surface area contributed by atoms with Gasteiger partial charge >= 0.3 is 0 Å². The molecule has 0 unspecified atom stereocenters. The SMILES string of the molecule is COc1cc(C(=O)Nc2cccc(Br)c2)on1. The Kier molecular flexibility index (Phi) is 3.43. The molecule has 0 bridgehead atoms. The third kappa shape index (κ3) is 2.85. The predicted molar refractivity (Wildman–Crippen MR) is 65.2 cm³/mol. The quantitative estimate of drug-likeness (QED) is 0.946. The minimum absolute atomic E-state index is 0.0989. The van der Waals surface area contributed by atoms with Crippen molar-refractivity contribution in [1.82, 2.24) is 5.16 Å². The van der Waals surface area contributed by atoms with Crippen molar-refractivity contribution in [2.24, 2.45) is 0 Å². The van der Waals surface area contributed by atoms with E-state index >= 15 is 0 Å². The number of aromatic nitrogens is 1. The summed E-state index contributed by atoms with van der Waals surface area (Å²) in [4.78, 5) is 11.7. The largest absolute Gasteiger partial charge is 0.479 e. The number of nitrogens with zero attached hydrogens (tertiary/aromatic N) is 1. The molecule has 2 rings (SSSR count). The first kappa shape index (κ1) is 11.7. The molecule has 17 heavy (non-hydrogen) atoms. The Balaban J connectivity index is 2.11. The van der Waals surface area contributed by atoms with Gasteiger partial charge in [-0.25, -0.2) is 0 Å². The lowest BCUT2D eigenvalue weighted by Crippen LogP contribution is -2.10. The second-order valence-corrected chi connectivity index (χ2v) is 4.11. The molecule has 0 saturated carbocycles. The molecule has 0 aliphatic heterocycles. The highest BCUT2D eigenvalue weighted by molar-refractivity contribution is 9.10. The highest BCUT2D eigenvalue weighted by Crippen LogP contribution is 2.17. The maximum Gasteiger partial charge on any atom is 0.294 e. The molecule has 0 aliphatic carbocycles. The van der Waals surface area contributed by atoms with E-state index in [1.54, 1.807) is 12.1 Å². The number of ether oxygens (including phenoxy) is 1. The maximum atomic E-state index is 11.7. The van der Waals surface area contributed by atoms with Gasteiger partial charge in [0.2, 0.25) is 5.76 Å². The molecular weight excluding hydrogens is 288 g/mol. The Bertz CT molecular complexity index is 539. The molecule has 1 amide bonds. The first-order chi connectivity index (χ1) is 8.19. The van der Waals surface area contributed by atoms with E-state index < -0.39 is 0 Å². The molecule has 0 radical (unpaired) electrons. The maximum absolute atomic E-state index is 11.7. The second kappa shape index (κ2) is 5.01. The van der Waals surface area contributed by atoms with E-state index in [0.717, 1.165) is 4.47 Å². The fourth-order valence-electron chi connectivity index (χ4n) is 1.22. The van der Waals surface area contributed by atoms with Crippen molar-refractivity contribution in [2.75, 3.05) is 12.4 Å². The van der Waals surface area contributed by atoms with Gasteiger partial charge in [0.1, 0.15) is 0 Å². The highest BCUT2D eigenvalue weighted by atomic mass is 79.9. The predicted octanol–water partition coefficient (Wildman–Crippen LogP) is 2.70. The molecule has 1 heterocycles. The van der Waals surface area contributed by atoms with E-state index in [1.165, 1.54) is 13.2 Å². The fourth-order valence-corrected chi connectivity index (χ4v) is 1.62. The first-order valence-electron chi connectivity index (χ1n) is 4.76. The van der Waals surface area contributed by atoms with Crippen LogP contribution >= 0.6 is 15.9 Å². The number of hydrogen-bond donors (Lipinski definition) is 1. The summed E-state index contributed by atoms with van der Waals surface area (Å²) in [6.45, 7) is 0. The molecule has 2 aromatic rings. The zero-order chi connectivity index (χ0) is 12.3. The summed E-state index contributed by atoms with van der Waals surface area (Å²) in [5.74, 6) is -0.00915. The number of hydrogen-bond acceptors (Lipinski definition) is 4. The van der Waals surface area contributed by atoms with Gasteiger partial charge in [0.25, 0.3) is 11.8 Å². The third-order valence-electron chi connectivity index (χ3n) is 2.00. The van der Waals surface area contributed by atoms with Gasteiger partial charge in [-0.2, -0.15) is 0 Å². The van der Waals surface area contributed by atoms with Gasteiger partial charge in [-0.05, 0) is 23.4 Å². The topological polar surface area (TPSA) is 64.4 Å². The van der Waals surface area contributed by atoms with Crippen LogP contribution in [0.2, 0.25) is 0 Å². The molecule has 6 heteroatoms. The van der Waals surface area contributed by atoms with Crippen LogP contribution in [0.4, 0.5) is 5.69 Å². The van der Waals surface area contributed by atoms with Crippen LogP contribution in [0.1, 0.15) is 10.6 Å². The minimum atomic E-state index is -0.376. The average molecular weight is 297 g/mol. The van der Waals surface area contributed by atoms with Gasteiger partial charge in [-0.3, -0.25) is 4.79 Å². The van der Waals surface area contributed by atoms with Crippen LogP contribution in [-0.2, 0) is 0 Å². The van der Waals surface area contributed by atoms with Gasteiger partial charge in [0.15, 0.2) is 0 Å². The number of rotatable bonds is 3. The van der Waals surface area contributed by atoms with E-state index in [2.05, 4.69) is 26.4 Å². The Hall–Kier alpha value is -1.82. The van der Waals surface area contributed by atoms with Gasteiger partial charge in [-0.15, -0.1) is 0 Å². The summed E-state index contributed by atoms with van der Waals surface area (Å²) in [6.07, 6.45) is 0. The number of nitrogens with one attached hydrogen (secondary N) is 1. The van der Waals surface area contributed by atoms with Crippen LogP contribution in [-0.4, -0.2) is 18.2 Å². The number of amides is 1. The van der Waals surface area contributed by atoms with Crippen molar-refractivity contribution in [3.63, 3.8) is 0 Å². The van der Waals surface area contributed by atoms with Crippen LogP contribution in [0.5, 0.6) is 5.88 Å². The molecule has 0 saturated heterocycles. The van der Waals surface area contributed by atoms with Crippen molar-refractivity contribution in [1.29, 1.82) is 0 Å². The summed E-state index contributed by atoms with van der Waals surface area (Å²) >= 11 is 3.32. The molecule has 1 aromatic carbocycles. The summed E-state index contributed by atoms with van der Waals surface area (Å²) in [7, 11) is 1.45. The Morgan fingerprint density at radius 3 is 2.94 bits per heavy atom. The summed E-state index contributed by atoms with van der Waals surface area (Å²) in [5, 5.41) is 6.23. The van der Waals surface area contributed by atoms with Gasteiger partial charge in [-0.1, -0.05) is 22.0 Å². The molecule has 1 aromatic heterocycles. The zero-order valence-electron chi connectivity index (χ0n) is 8.94. The van der Waals surface area contributed by atoms with E-state index in [9.17, 15) is 4.79 Å². The monoisotopic (exact) mass is 296 g/mol. The van der Waals surface area contributed by atoms with Crippen LogP contribution in [0.15, 0.2) is 39.3 Å². The van der Waals surface area contributed by atoms with E-state index in [4.69, 9.17) is 9.26 Å². The third-order valence-corrected chi connectivity index (χ3v) is 2.50. The lowest BCUT2D eigenvalue weighted by atomic mass is 10.3. The fraction of sp³-hybridized carbons (Fsp3) is 0.0909. The normalized spacial score (nSPS) is 10.0. The van der Waals surface area contributed by atoms with E-state index in [0.29, 0.717) is 5.69 Å². The number of benzene rings is 1. The zero-order valence-corrected chi connectivity index (χ0v) is 10.5. The van der Waals surface area contributed by atoms with Crippen LogP contribution in [0, 0.1) is 0 Å². The molecule has 0 spiro atoms. The van der Waals surface area contributed by atoms with Gasteiger partial charge in [0.05, 0.1) is 13.2 Å². The summed E-state index contributed by atoms with van der Waals surface area (Å²) in [6, 6.07) is 8.67. The van der Waals surface area contributed by atoms with Crippen molar-refractivity contribution in [3.8, 4) is 5.88 Å². The van der Waals surface area contributed by atoms with E-state index in [-0.39, 0.29) is 17.5 Å². The minimum Gasteiger partial charge on any atom is -0.479 e. The van der Waals surface area contributed by atoms with Gasteiger partial charge < -0.3 is 14.6 Å². The number of carbonyl (C=O) groups excluding carboxylic acids is 1. The number of methoxy groups -OCH3 is 1. The van der Waals surface area contributed by atoms with Crippen molar-refractivity contribution < 1.29 is 14.1 Å². The molecule has 0 aliphatic rings.